The highest BCUT2D eigenvalue weighted by Crippen LogP contribution is 2.29. The van der Waals surface area contributed by atoms with Crippen molar-refractivity contribution in [2.75, 3.05) is 6.54 Å². The van der Waals surface area contributed by atoms with Crippen molar-refractivity contribution in [1.82, 2.24) is 10.2 Å². The summed E-state index contributed by atoms with van der Waals surface area (Å²) in [4.78, 5) is 27.0. The van der Waals surface area contributed by atoms with Crippen LogP contribution in [-0.4, -0.2) is 35.3 Å². The molecule has 0 bridgehead atoms. The third-order valence-corrected chi connectivity index (χ3v) is 5.25. The molecule has 1 heterocycles. The van der Waals surface area contributed by atoms with E-state index in [-0.39, 0.29) is 17.9 Å². The highest BCUT2D eigenvalue weighted by atomic mass is 16.2. The molecule has 4 heteroatoms. The first-order valence-electron chi connectivity index (χ1n) is 8.50. The molecule has 1 saturated carbocycles. The number of carbonyl (C=O) groups excluding carboxylic acids is 2. The fraction of sp³-hybridized carbons (Fsp3) is 0.765. The van der Waals surface area contributed by atoms with E-state index in [2.05, 4.69) is 17.5 Å². The number of nitrogens with one attached hydrogen (secondary N) is 1. The van der Waals surface area contributed by atoms with Crippen LogP contribution in [0.5, 0.6) is 0 Å². The minimum Gasteiger partial charge on any atom is -0.344 e. The topological polar surface area (TPSA) is 49.4 Å². The average molecular weight is 290 g/mol. The molecule has 21 heavy (non-hydrogen) atoms. The van der Waals surface area contributed by atoms with Gasteiger partial charge in [-0.05, 0) is 38.0 Å². The minimum atomic E-state index is -0.272. The molecule has 4 nitrogen and oxygen atoms in total. The Labute approximate surface area is 127 Å². The maximum absolute atomic E-state index is 13.0. The van der Waals surface area contributed by atoms with E-state index in [0.29, 0.717) is 24.9 Å². The Morgan fingerprint density at radius 1 is 1.05 bits per heavy atom. The monoisotopic (exact) mass is 290 g/mol. The predicted octanol–water partition coefficient (Wildman–Crippen LogP) is 2.39. The molecular weight excluding hydrogens is 264 g/mol. The van der Waals surface area contributed by atoms with Crippen LogP contribution in [0.25, 0.3) is 0 Å². The molecule has 0 spiro atoms. The van der Waals surface area contributed by atoms with E-state index in [1.165, 1.54) is 19.3 Å². The molecule has 0 aromatic heterocycles. The van der Waals surface area contributed by atoms with Gasteiger partial charge in [-0.25, -0.2) is 0 Å². The molecule has 3 rings (SSSR count). The van der Waals surface area contributed by atoms with Gasteiger partial charge in [-0.3, -0.25) is 9.59 Å². The summed E-state index contributed by atoms with van der Waals surface area (Å²) in [5, 5.41) is 3.02. The highest BCUT2D eigenvalue weighted by molar-refractivity contribution is 5.90. The predicted molar refractivity (Wildman–Crippen MR) is 81.6 cm³/mol. The summed E-state index contributed by atoms with van der Waals surface area (Å²) in [7, 11) is 0. The molecule has 1 N–H and O–H groups in total. The summed E-state index contributed by atoms with van der Waals surface area (Å²) in [5.74, 6) is 0.566. The molecular formula is C17H26N2O2. The van der Waals surface area contributed by atoms with E-state index >= 15 is 0 Å². The fourth-order valence-corrected chi connectivity index (χ4v) is 4.03. The normalized spacial score (nSPS) is 31.9. The van der Waals surface area contributed by atoms with Gasteiger partial charge in [0.1, 0.15) is 6.04 Å². The second-order valence-electron chi connectivity index (χ2n) is 6.66. The molecule has 0 aromatic rings. The van der Waals surface area contributed by atoms with E-state index in [9.17, 15) is 9.59 Å². The quantitative estimate of drug-likeness (QED) is 0.794. The molecule has 2 unspecified atom stereocenters. The van der Waals surface area contributed by atoms with Crippen molar-refractivity contribution < 1.29 is 9.59 Å². The van der Waals surface area contributed by atoms with Crippen LogP contribution < -0.4 is 5.32 Å². The molecule has 2 atom stereocenters. The lowest BCUT2D eigenvalue weighted by Crippen LogP contribution is -2.52. The molecule has 2 fully saturated rings. The van der Waals surface area contributed by atoms with Crippen molar-refractivity contribution in [2.24, 2.45) is 5.92 Å². The largest absolute Gasteiger partial charge is 0.344 e. The SMILES string of the molecule is O=C1CCN(C2CC=CCC2)C(=O)C(C2CCCCC2)N1. The second-order valence-corrected chi connectivity index (χ2v) is 6.66. The molecule has 1 aliphatic heterocycles. The zero-order valence-corrected chi connectivity index (χ0v) is 12.7. The Kier molecular flexibility index (Phi) is 4.61. The maximum Gasteiger partial charge on any atom is 0.245 e. The van der Waals surface area contributed by atoms with Gasteiger partial charge in [0.25, 0.3) is 0 Å². The fourth-order valence-electron chi connectivity index (χ4n) is 4.03. The minimum absolute atomic E-state index is 0.0489. The lowest BCUT2D eigenvalue weighted by atomic mass is 9.83. The van der Waals surface area contributed by atoms with Gasteiger partial charge in [0, 0.05) is 19.0 Å². The molecule has 2 amide bonds. The van der Waals surface area contributed by atoms with Gasteiger partial charge in [-0.2, -0.15) is 0 Å². The van der Waals surface area contributed by atoms with Gasteiger partial charge >= 0.3 is 0 Å². The molecule has 0 aromatic carbocycles. The van der Waals surface area contributed by atoms with E-state index in [4.69, 9.17) is 0 Å². The third kappa shape index (κ3) is 3.30. The zero-order valence-electron chi connectivity index (χ0n) is 12.7. The van der Waals surface area contributed by atoms with Gasteiger partial charge in [-0.1, -0.05) is 31.4 Å². The summed E-state index contributed by atoms with van der Waals surface area (Å²) >= 11 is 0. The Balaban J connectivity index is 1.76. The van der Waals surface area contributed by atoms with Gasteiger partial charge in [0.15, 0.2) is 0 Å². The Bertz CT molecular complexity index is 427. The Morgan fingerprint density at radius 2 is 1.86 bits per heavy atom. The highest BCUT2D eigenvalue weighted by Gasteiger charge is 2.38. The summed E-state index contributed by atoms with van der Waals surface area (Å²) in [6, 6.07) is 0.0208. The van der Waals surface area contributed by atoms with Crippen LogP contribution >= 0.6 is 0 Å². The van der Waals surface area contributed by atoms with Crippen molar-refractivity contribution in [1.29, 1.82) is 0 Å². The van der Waals surface area contributed by atoms with E-state index in [1.807, 2.05) is 4.90 Å². The van der Waals surface area contributed by atoms with Crippen LogP contribution in [0.2, 0.25) is 0 Å². The van der Waals surface area contributed by atoms with E-state index in [1.54, 1.807) is 0 Å². The first-order valence-corrected chi connectivity index (χ1v) is 8.50. The Hall–Kier alpha value is -1.32. The van der Waals surface area contributed by atoms with Crippen molar-refractivity contribution in [3.8, 4) is 0 Å². The van der Waals surface area contributed by atoms with Gasteiger partial charge < -0.3 is 10.2 Å². The molecule has 2 aliphatic carbocycles. The van der Waals surface area contributed by atoms with Crippen molar-refractivity contribution >= 4 is 11.8 Å². The van der Waals surface area contributed by atoms with Crippen LogP contribution in [0.15, 0.2) is 12.2 Å². The molecule has 1 saturated heterocycles. The summed E-state index contributed by atoms with van der Waals surface area (Å²) in [6.07, 6.45) is 13.7. The summed E-state index contributed by atoms with van der Waals surface area (Å²) < 4.78 is 0. The first kappa shape index (κ1) is 14.6. The van der Waals surface area contributed by atoms with Crippen molar-refractivity contribution in [3.63, 3.8) is 0 Å². The van der Waals surface area contributed by atoms with Crippen molar-refractivity contribution in [3.05, 3.63) is 12.2 Å². The third-order valence-electron chi connectivity index (χ3n) is 5.25. The molecule has 3 aliphatic rings. The van der Waals surface area contributed by atoms with Crippen molar-refractivity contribution in [2.45, 2.75) is 69.9 Å². The zero-order chi connectivity index (χ0) is 14.7. The number of carbonyl (C=O) groups is 2. The van der Waals surface area contributed by atoms with Crippen LogP contribution in [0.4, 0.5) is 0 Å². The number of hydrogen-bond donors (Lipinski definition) is 1. The van der Waals surface area contributed by atoms with Crippen LogP contribution in [-0.2, 0) is 9.59 Å². The number of nitrogens with zero attached hydrogens (tertiary/aromatic N) is 1. The van der Waals surface area contributed by atoms with Crippen LogP contribution in [0, 0.1) is 5.92 Å². The van der Waals surface area contributed by atoms with Crippen LogP contribution in [0.3, 0.4) is 0 Å². The average Bonchev–Trinajstić information content (AvgIpc) is 2.68. The van der Waals surface area contributed by atoms with E-state index < -0.39 is 0 Å². The Morgan fingerprint density at radius 3 is 2.57 bits per heavy atom. The molecule has 0 radical (unpaired) electrons. The number of amides is 2. The maximum atomic E-state index is 13.0. The number of rotatable bonds is 2. The smallest absolute Gasteiger partial charge is 0.245 e. The van der Waals surface area contributed by atoms with Gasteiger partial charge in [-0.15, -0.1) is 0 Å². The first-order chi connectivity index (χ1) is 10.3. The standard InChI is InChI=1S/C17H26N2O2/c20-15-11-12-19(14-9-5-2-6-10-14)17(21)16(18-15)13-7-3-1-4-8-13/h2,5,13-14,16H,1,3-4,6-12H2,(H,18,20). The number of hydrogen-bond acceptors (Lipinski definition) is 2. The summed E-state index contributed by atoms with van der Waals surface area (Å²) in [5.41, 5.74) is 0. The second kappa shape index (κ2) is 6.63. The van der Waals surface area contributed by atoms with Crippen LogP contribution in [0.1, 0.15) is 57.8 Å². The van der Waals surface area contributed by atoms with Gasteiger partial charge in [0.05, 0.1) is 0 Å². The lowest BCUT2D eigenvalue weighted by Gasteiger charge is -2.36. The lowest BCUT2D eigenvalue weighted by molar-refractivity contribution is -0.137. The molecule has 116 valence electrons. The summed E-state index contributed by atoms with van der Waals surface area (Å²) in [6.45, 7) is 0.590. The van der Waals surface area contributed by atoms with E-state index in [0.717, 1.165) is 32.1 Å². The van der Waals surface area contributed by atoms with Gasteiger partial charge in [0.2, 0.25) is 11.8 Å². The number of allylic oxidation sites excluding steroid dienone is 1.